The summed E-state index contributed by atoms with van der Waals surface area (Å²) < 4.78 is 33.4. The van der Waals surface area contributed by atoms with E-state index in [1.54, 1.807) is 12.1 Å². The molecule has 0 radical (unpaired) electrons. The van der Waals surface area contributed by atoms with Gasteiger partial charge in [0, 0.05) is 18.2 Å². The number of halogens is 2. The van der Waals surface area contributed by atoms with Gasteiger partial charge in [0.1, 0.15) is 0 Å². The first-order chi connectivity index (χ1) is 11.7. The van der Waals surface area contributed by atoms with Crippen LogP contribution in [-0.4, -0.2) is 30.2 Å². The minimum absolute atomic E-state index is 0.0929. The van der Waals surface area contributed by atoms with Gasteiger partial charge in [0.15, 0.2) is 11.6 Å². The van der Waals surface area contributed by atoms with Gasteiger partial charge in [-0.25, -0.2) is 8.78 Å². The highest BCUT2D eigenvalue weighted by atomic mass is 19.2. The van der Waals surface area contributed by atoms with Crippen molar-refractivity contribution in [3.05, 3.63) is 77.4 Å². The summed E-state index contributed by atoms with van der Waals surface area (Å²) in [4.78, 5) is 2.40. The summed E-state index contributed by atoms with van der Waals surface area (Å²) in [6, 6.07) is 15.0. The minimum Gasteiger partial charge on any atom is -0.378 e. The summed E-state index contributed by atoms with van der Waals surface area (Å²) in [7, 11) is 0. The molecule has 0 N–H and O–H groups in total. The molecule has 2 unspecified atom stereocenters. The summed E-state index contributed by atoms with van der Waals surface area (Å²) in [5.74, 6) is -1.54. The minimum atomic E-state index is -0.790. The summed E-state index contributed by atoms with van der Waals surface area (Å²) >= 11 is 0. The van der Waals surface area contributed by atoms with E-state index in [2.05, 4.69) is 17.0 Å². The second-order valence-electron chi connectivity index (χ2n) is 6.41. The van der Waals surface area contributed by atoms with Crippen molar-refractivity contribution in [3.63, 3.8) is 0 Å². The molecule has 0 saturated carbocycles. The third kappa shape index (κ3) is 2.87. The topological polar surface area (TPSA) is 12.5 Å². The number of ether oxygens (including phenoxy) is 1. The Morgan fingerprint density at radius 3 is 2.62 bits per heavy atom. The quantitative estimate of drug-likeness (QED) is 0.844. The molecule has 2 bridgehead atoms. The second kappa shape index (κ2) is 6.46. The molecule has 0 aliphatic carbocycles. The van der Waals surface area contributed by atoms with E-state index in [0.717, 1.165) is 18.2 Å². The van der Waals surface area contributed by atoms with Gasteiger partial charge in [0.2, 0.25) is 0 Å². The molecule has 124 valence electrons. The van der Waals surface area contributed by atoms with E-state index in [4.69, 9.17) is 4.74 Å². The van der Waals surface area contributed by atoms with Crippen molar-refractivity contribution >= 4 is 5.57 Å². The van der Waals surface area contributed by atoms with Crippen molar-refractivity contribution in [1.29, 1.82) is 0 Å². The zero-order valence-corrected chi connectivity index (χ0v) is 13.3. The summed E-state index contributed by atoms with van der Waals surface area (Å²) in [5, 5.41) is 0. The average Bonchev–Trinajstić information content (AvgIpc) is 2.58. The average molecular weight is 327 g/mol. The molecular formula is C20H19F2NO. The lowest BCUT2D eigenvalue weighted by Crippen LogP contribution is -2.53. The van der Waals surface area contributed by atoms with E-state index in [1.807, 2.05) is 24.3 Å². The summed E-state index contributed by atoms with van der Waals surface area (Å²) in [5.41, 5.74) is 2.52. The molecule has 4 heteroatoms. The Balaban J connectivity index is 1.64. The predicted octanol–water partition coefficient (Wildman–Crippen LogP) is 4.02. The van der Waals surface area contributed by atoms with Gasteiger partial charge in [-0.1, -0.05) is 48.5 Å². The Kier molecular flexibility index (Phi) is 4.17. The van der Waals surface area contributed by atoms with Crippen molar-refractivity contribution in [2.75, 3.05) is 13.2 Å². The third-order valence-electron chi connectivity index (χ3n) is 4.85. The number of fused-ring (bicyclic) bond motifs is 2. The normalized spacial score (nSPS) is 23.8. The molecule has 0 aromatic heterocycles. The van der Waals surface area contributed by atoms with E-state index >= 15 is 0 Å². The van der Waals surface area contributed by atoms with Crippen LogP contribution in [0.1, 0.15) is 17.5 Å². The van der Waals surface area contributed by atoms with Gasteiger partial charge in [-0.3, -0.25) is 4.90 Å². The van der Waals surface area contributed by atoms with Crippen LogP contribution in [0.3, 0.4) is 0 Å². The fourth-order valence-electron chi connectivity index (χ4n) is 3.65. The highest BCUT2D eigenvalue weighted by Gasteiger charge is 2.35. The van der Waals surface area contributed by atoms with Gasteiger partial charge < -0.3 is 4.74 Å². The number of hydrogen-bond acceptors (Lipinski definition) is 2. The first kappa shape index (κ1) is 15.5. The number of rotatable bonds is 3. The van der Waals surface area contributed by atoms with Crippen molar-refractivity contribution in [2.45, 2.75) is 25.0 Å². The number of benzene rings is 2. The fourth-order valence-corrected chi connectivity index (χ4v) is 3.65. The van der Waals surface area contributed by atoms with Gasteiger partial charge in [-0.05, 0) is 23.6 Å². The van der Waals surface area contributed by atoms with Gasteiger partial charge in [0.05, 0.1) is 19.3 Å². The monoisotopic (exact) mass is 327 g/mol. The molecule has 0 spiro atoms. The maximum Gasteiger partial charge on any atom is 0.166 e. The Hall–Kier alpha value is -2.04. The van der Waals surface area contributed by atoms with E-state index in [-0.39, 0.29) is 12.1 Å². The Bertz CT molecular complexity index is 759. The first-order valence-electron chi connectivity index (χ1n) is 8.25. The van der Waals surface area contributed by atoms with Gasteiger partial charge in [-0.2, -0.15) is 0 Å². The van der Waals surface area contributed by atoms with Crippen molar-refractivity contribution in [3.8, 4) is 0 Å². The molecule has 24 heavy (non-hydrogen) atoms. The van der Waals surface area contributed by atoms with Crippen LogP contribution in [0, 0.1) is 11.6 Å². The third-order valence-corrected chi connectivity index (χ3v) is 4.85. The van der Waals surface area contributed by atoms with Crippen molar-refractivity contribution in [1.82, 2.24) is 4.90 Å². The van der Waals surface area contributed by atoms with Crippen LogP contribution < -0.4 is 0 Å². The first-order valence-corrected chi connectivity index (χ1v) is 8.25. The molecule has 2 aromatic rings. The van der Waals surface area contributed by atoms with E-state index < -0.39 is 11.6 Å². The molecule has 2 aromatic carbocycles. The number of nitrogens with zero attached hydrogens (tertiary/aromatic N) is 1. The zero-order valence-electron chi connectivity index (χ0n) is 13.3. The maximum atomic E-state index is 14.1. The Labute approximate surface area is 140 Å². The molecule has 1 fully saturated rings. The zero-order chi connectivity index (χ0) is 16.5. The molecule has 2 nitrogen and oxygen atoms in total. The number of morpholine rings is 1. The Morgan fingerprint density at radius 1 is 1.00 bits per heavy atom. The lowest BCUT2D eigenvalue weighted by Gasteiger charge is -2.44. The van der Waals surface area contributed by atoms with Crippen LogP contribution in [0.4, 0.5) is 8.78 Å². The van der Waals surface area contributed by atoms with Crippen LogP contribution in [0.2, 0.25) is 0 Å². The van der Waals surface area contributed by atoms with Crippen LogP contribution in [-0.2, 0) is 11.3 Å². The summed E-state index contributed by atoms with van der Waals surface area (Å²) in [6.07, 6.45) is 2.71. The molecule has 2 atom stereocenters. The van der Waals surface area contributed by atoms with Crippen LogP contribution in [0.25, 0.3) is 5.57 Å². The van der Waals surface area contributed by atoms with Gasteiger partial charge >= 0.3 is 0 Å². The van der Waals surface area contributed by atoms with Gasteiger partial charge in [-0.15, -0.1) is 0 Å². The second-order valence-corrected chi connectivity index (χ2v) is 6.41. The lowest BCUT2D eigenvalue weighted by atomic mass is 9.89. The Morgan fingerprint density at radius 2 is 1.83 bits per heavy atom. The van der Waals surface area contributed by atoms with Crippen molar-refractivity contribution < 1.29 is 13.5 Å². The molecule has 0 amide bonds. The van der Waals surface area contributed by atoms with Gasteiger partial charge in [0.25, 0.3) is 0 Å². The lowest BCUT2D eigenvalue weighted by molar-refractivity contribution is -0.0403. The highest BCUT2D eigenvalue weighted by molar-refractivity contribution is 5.68. The smallest absolute Gasteiger partial charge is 0.166 e. The SMILES string of the molecule is Fc1cccc(C2=CC3COCC(C2)N3Cc2ccccc2)c1F. The number of hydrogen-bond donors (Lipinski definition) is 0. The molecule has 4 rings (SSSR count). The van der Waals surface area contributed by atoms with Crippen LogP contribution in [0.15, 0.2) is 54.6 Å². The van der Waals surface area contributed by atoms with E-state index in [1.165, 1.54) is 5.56 Å². The summed E-state index contributed by atoms with van der Waals surface area (Å²) in [6.45, 7) is 2.05. The molecule has 2 aliphatic rings. The van der Waals surface area contributed by atoms with Crippen molar-refractivity contribution in [2.24, 2.45) is 0 Å². The predicted molar refractivity (Wildman–Crippen MR) is 89.3 cm³/mol. The molecule has 2 heterocycles. The van der Waals surface area contributed by atoms with Crippen LogP contribution >= 0.6 is 0 Å². The highest BCUT2D eigenvalue weighted by Crippen LogP contribution is 2.34. The molecular weight excluding hydrogens is 308 g/mol. The standard InChI is InChI=1S/C20H19F2NO/c21-19-8-4-7-18(20(19)22)15-9-16-12-24-13-17(10-15)23(16)11-14-5-2-1-3-6-14/h1-9,16-17H,10-13H2. The molecule has 2 aliphatic heterocycles. The maximum absolute atomic E-state index is 14.1. The van der Waals surface area contributed by atoms with E-state index in [9.17, 15) is 8.78 Å². The molecule has 1 saturated heterocycles. The van der Waals surface area contributed by atoms with E-state index in [0.29, 0.717) is 25.2 Å². The van der Waals surface area contributed by atoms with Crippen LogP contribution in [0.5, 0.6) is 0 Å². The largest absolute Gasteiger partial charge is 0.378 e. The fraction of sp³-hybridized carbons (Fsp3) is 0.300.